The summed E-state index contributed by atoms with van der Waals surface area (Å²) in [5.41, 5.74) is 4.33. The molecule has 1 fully saturated rings. The van der Waals surface area contributed by atoms with Gasteiger partial charge < -0.3 is 11.1 Å². The molecule has 20 heavy (non-hydrogen) atoms. The standard InChI is InChI=1S/C11H11F3N4O2/c1-18-9(19)4-6(10(18)20)16-8-3-5(11(12,13)14)2-7(15)17-8/h2-3,6H,4H2,1H3,(H3,15,16,17). The number of alkyl halides is 3. The molecule has 108 valence electrons. The number of nitrogens with zero attached hydrogens (tertiary/aromatic N) is 2. The number of nitrogens with one attached hydrogen (secondary N) is 1. The van der Waals surface area contributed by atoms with Gasteiger partial charge in [-0.25, -0.2) is 4.98 Å². The molecule has 0 aromatic carbocycles. The first kappa shape index (κ1) is 14.1. The number of nitrogen functional groups attached to an aromatic ring is 1. The van der Waals surface area contributed by atoms with Gasteiger partial charge in [-0.1, -0.05) is 0 Å². The molecule has 1 aliphatic rings. The Bertz CT molecular complexity index is 573. The maximum Gasteiger partial charge on any atom is 0.416 e. The normalized spacial score (nSPS) is 19.6. The zero-order chi connectivity index (χ0) is 15.1. The van der Waals surface area contributed by atoms with E-state index in [0.29, 0.717) is 6.07 Å². The summed E-state index contributed by atoms with van der Waals surface area (Å²) in [6, 6.07) is 0.508. The largest absolute Gasteiger partial charge is 0.416 e. The molecule has 0 radical (unpaired) electrons. The molecule has 1 saturated heterocycles. The molecule has 0 spiro atoms. The van der Waals surface area contributed by atoms with Crippen molar-refractivity contribution in [1.29, 1.82) is 0 Å². The minimum absolute atomic E-state index is 0.132. The molecule has 6 nitrogen and oxygen atoms in total. The van der Waals surface area contributed by atoms with Crippen molar-refractivity contribution >= 4 is 23.5 Å². The number of amides is 2. The number of likely N-dealkylation sites (N-methyl/N-ethyl adjacent to an activating group) is 1. The van der Waals surface area contributed by atoms with Gasteiger partial charge in [0.1, 0.15) is 17.7 Å². The van der Waals surface area contributed by atoms with E-state index in [0.717, 1.165) is 11.0 Å². The number of rotatable bonds is 2. The SMILES string of the molecule is CN1C(=O)CC(Nc2cc(C(F)(F)F)cc(N)n2)C1=O. The van der Waals surface area contributed by atoms with E-state index in [-0.39, 0.29) is 18.1 Å². The molecule has 1 aromatic heterocycles. The van der Waals surface area contributed by atoms with Crippen molar-refractivity contribution in [3.05, 3.63) is 17.7 Å². The van der Waals surface area contributed by atoms with Crippen molar-refractivity contribution in [2.75, 3.05) is 18.1 Å². The Morgan fingerprint density at radius 1 is 1.40 bits per heavy atom. The van der Waals surface area contributed by atoms with Gasteiger partial charge in [0.25, 0.3) is 5.91 Å². The van der Waals surface area contributed by atoms with Crippen LogP contribution in [0.5, 0.6) is 0 Å². The molecule has 3 N–H and O–H groups in total. The number of carbonyl (C=O) groups is 2. The Morgan fingerprint density at radius 2 is 2.05 bits per heavy atom. The van der Waals surface area contributed by atoms with Crippen molar-refractivity contribution < 1.29 is 22.8 Å². The third-order valence-electron chi connectivity index (χ3n) is 2.88. The number of hydrogen-bond donors (Lipinski definition) is 2. The molecule has 9 heteroatoms. The van der Waals surface area contributed by atoms with Crippen molar-refractivity contribution in [1.82, 2.24) is 9.88 Å². The Kier molecular flexibility index (Phi) is 3.28. The van der Waals surface area contributed by atoms with Gasteiger partial charge in [0.2, 0.25) is 5.91 Å². The lowest BCUT2D eigenvalue weighted by molar-refractivity contribution is -0.138. The summed E-state index contributed by atoms with van der Waals surface area (Å²) in [5.74, 6) is -1.45. The van der Waals surface area contributed by atoms with E-state index in [4.69, 9.17) is 5.73 Å². The molecule has 2 amide bonds. The Labute approximate surface area is 111 Å². The number of likely N-dealkylation sites (tertiary alicyclic amines) is 1. The zero-order valence-electron chi connectivity index (χ0n) is 10.4. The van der Waals surface area contributed by atoms with Gasteiger partial charge in [0.15, 0.2) is 0 Å². The maximum absolute atomic E-state index is 12.6. The van der Waals surface area contributed by atoms with Crippen LogP contribution in [-0.2, 0) is 15.8 Å². The number of hydrogen-bond acceptors (Lipinski definition) is 5. The summed E-state index contributed by atoms with van der Waals surface area (Å²) in [4.78, 5) is 27.6. The molecular weight excluding hydrogens is 277 g/mol. The number of pyridine rings is 1. The molecule has 1 unspecified atom stereocenters. The molecule has 1 aromatic rings. The van der Waals surface area contributed by atoms with Gasteiger partial charge in [-0.05, 0) is 12.1 Å². The van der Waals surface area contributed by atoms with Crippen LogP contribution >= 0.6 is 0 Å². The van der Waals surface area contributed by atoms with Crippen LogP contribution in [0.4, 0.5) is 24.8 Å². The molecule has 2 rings (SSSR count). The van der Waals surface area contributed by atoms with Crippen LogP contribution in [0.25, 0.3) is 0 Å². The molecule has 0 saturated carbocycles. The summed E-state index contributed by atoms with van der Waals surface area (Å²) in [7, 11) is 1.31. The number of aromatic nitrogens is 1. The van der Waals surface area contributed by atoms with E-state index in [2.05, 4.69) is 10.3 Å². The van der Waals surface area contributed by atoms with E-state index in [1.54, 1.807) is 0 Å². The van der Waals surface area contributed by atoms with Crippen LogP contribution in [0, 0.1) is 0 Å². The topological polar surface area (TPSA) is 88.3 Å². The van der Waals surface area contributed by atoms with Gasteiger partial charge in [-0.3, -0.25) is 14.5 Å². The van der Waals surface area contributed by atoms with Gasteiger partial charge in [-0.15, -0.1) is 0 Å². The fourth-order valence-corrected chi connectivity index (χ4v) is 1.84. The van der Waals surface area contributed by atoms with Crippen LogP contribution in [0.15, 0.2) is 12.1 Å². The van der Waals surface area contributed by atoms with E-state index >= 15 is 0 Å². The summed E-state index contributed by atoms with van der Waals surface area (Å²) in [5, 5.41) is 2.50. The van der Waals surface area contributed by atoms with Crippen LogP contribution < -0.4 is 11.1 Å². The summed E-state index contributed by atoms with van der Waals surface area (Å²) >= 11 is 0. The van der Waals surface area contributed by atoms with E-state index in [9.17, 15) is 22.8 Å². The molecule has 1 atom stereocenters. The average molecular weight is 288 g/mol. The second kappa shape index (κ2) is 4.66. The minimum atomic E-state index is -4.57. The highest BCUT2D eigenvalue weighted by Crippen LogP contribution is 2.31. The van der Waals surface area contributed by atoms with Crippen molar-refractivity contribution in [2.24, 2.45) is 0 Å². The number of nitrogens with two attached hydrogens (primary N) is 1. The van der Waals surface area contributed by atoms with E-state index in [1.807, 2.05) is 0 Å². The first-order valence-electron chi connectivity index (χ1n) is 5.60. The zero-order valence-corrected chi connectivity index (χ0v) is 10.4. The maximum atomic E-state index is 12.6. The Balaban J connectivity index is 2.25. The third kappa shape index (κ3) is 2.65. The first-order valence-corrected chi connectivity index (χ1v) is 5.60. The van der Waals surface area contributed by atoms with Gasteiger partial charge in [-0.2, -0.15) is 13.2 Å². The number of imide groups is 1. The fraction of sp³-hybridized carbons (Fsp3) is 0.364. The van der Waals surface area contributed by atoms with Crippen molar-refractivity contribution in [3.8, 4) is 0 Å². The lowest BCUT2D eigenvalue weighted by Crippen LogP contribution is -2.32. The molecule has 2 heterocycles. The third-order valence-corrected chi connectivity index (χ3v) is 2.88. The van der Waals surface area contributed by atoms with Gasteiger partial charge in [0.05, 0.1) is 12.0 Å². The Hall–Kier alpha value is -2.32. The monoisotopic (exact) mass is 288 g/mol. The first-order chi connectivity index (χ1) is 9.18. The summed E-state index contributed by atoms with van der Waals surface area (Å²) in [6.45, 7) is 0. The number of halogens is 3. The quantitative estimate of drug-likeness (QED) is 0.788. The highest BCUT2D eigenvalue weighted by molar-refractivity contribution is 6.06. The second-order valence-corrected chi connectivity index (χ2v) is 4.36. The molecule has 0 bridgehead atoms. The number of carbonyl (C=O) groups excluding carboxylic acids is 2. The van der Waals surface area contributed by atoms with Gasteiger partial charge in [0, 0.05) is 7.05 Å². The van der Waals surface area contributed by atoms with Crippen LogP contribution in [0.1, 0.15) is 12.0 Å². The highest BCUT2D eigenvalue weighted by atomic mass is 19.4. The minimum Gasteiger partial charge on any atom is -0.384 e. The molecule has 1 aliphatic heterocycles. The highest BCUT2D eigenvalue weighted by Gasteiger charge is 2.37. The summed E-state index contributed by atoms with van der Waals surface area (Å²) in [6.07, 6.45) is -4.70. The lowest BCUT2D eigenvalue weighted by atomic mass is 10.2. The van der Waals surface area contributed by atoms with Crippen LogP contribution in [0.2, 0.25) is 0 Å². The van der Waals surface area contributed by atoms with Crippen molar-refractivity contribution in [2.45, 2.75) is 18.6 Å². The van der Waals surface area contributed by atoms with Crippen molar-refractivity contribution in [3.63, 3.8) is 0 Å². The van der Waals surface area contributed by atoms with Crippen LogP contribution in [0.3, 0.4) is 0 Å². The lowest BCUT2D eigenvalue weighted by Gasteiger charge is -2.14. The predicted molar refractivity (Wildman–Crippen MR) is 63.5 cm³/mol. The smallest absolute Gasteiger partial charge is 0.384 e. The fourth-order valence-electron chi connectivity index (χ4n) is 1.84. The molecular formula is C11H11F3N4O2. The predicted octanol–water partition coefficient (Wildman–Crippen LogP) is 0.852. The summed E-state index contributed by atoms with van der Waals surface area (Å²) < 4.78 is 37.9. The Morgan fingerprint density at radius 3 is 2.55 bits per heavy atom. The average Bonchev–Trinajstić information content (AvgIpc) is 2.55. The van der Waals surface area contributed by atoms with Gasteiger partial charge >= 0.3 is 6.18 Å². The molecule has 0 aliphatic carbocycles. The second-order valence-electron chi connectivity index (χ2n) is 4.36. The van der Waals surface area contributed by atoms with Crippen LogP contribution in [-0.4, -0.2) is 34.8 Å². The van der Waals surface area contributed by atoms with E-state index < -0.39 is 29.6 Å². The van der Waals surface area contributed by atoms with E-state index in [1.165, 1.54) is 7.05 Å². The number of anilines is 2.